The third kappa shape index (κ3) is 6.04. The summed E-state index contributed by atoms with van der Waals surface area (Å²) in [5, 5.41) is 7.65. The maximum Gasteiger partial charge on any atom is 0.0804 e. The zero-order valence-corrected chi connectivity index (χ0v) is 39.3. The fourth-order valence-electron chi connectivity index (χ4n) is 10.9. The maximum absolute atomic E-state index is 2.58. The van der Waals surface area contributed by atoms with Crippen LogP contribution >= 0.6 is 0 Å². The standard InChI is InChI=1S/C62H56N4/c1-37(2)41-15-23-45(24-16-41)63(46-25-17-42(18-26-46)38(3)4)49-31-33-51-53-11-9-13-55-59(53)65(57(51)35-49)61-56-14-10-12-54-52-34-32-50(36-58(52)66(60(54)56)62(55)61)64(47-27-19-43(20-28-47)39(5)6)48-29-21-44(22-30-48)40(7)8/h9-40H,1-8H3. The fraction of sp³-hybridized carbons (Fsp3) is 0.194. The molecule has 4 heteroatoms. The number of para-hydroxylation sites is 2. The van der Waals surface area contributed by atoms with Gasteiger partial charge in [-0.05, 0) is 119 Å². The van der Waals surface area contributed by atoms with E-state index in [1.165, 1.54) is 87.7 Å². The smallest absolute Gasteiger partial charge is 0.0804 e. The lowest BCUT2D eigenvalue weighted by Gasteiger charge is -2.26. The van der Waals surface area contributed by atoms with Crippen LogP contribution in [0.15, 0.2) is 170 Å². The number of rotatable bonds is 10. The number of anilines is 6. The molecule has 0 aliphatic carbocycles. The van der Waals surface area contributed by atoms with Crippen LogP contribution in [-0.4, -0.2) is 8.80 Å². The predicted octanol–water partition coefficient (Wildman–Crippen LogP) is 18.3. The van der Waals surface area contributed by atoms with Crippen molar-refractivity contribution in [3.63, 3.8) is 0 Å². The highest BCUT2D eigenvalue weighted by Crippen LogP contribution is 2.49. The minimum Gasteiger partial charge on any atom is -0.310 e. The van der Waals surface area contributed by atoms with Crippen molar-refractivity contribution in [2.45, 2.75) is 79.1 Å². The molecule has 4 aromatic heterocycles. The van der Waals surface area contributed by atoms with Gasteiger partial charge in [-0.25, -0.2) is 0 Å². The third-order valence-electron chi connectivity index (χ3n) is 14.5. The summed E-state index contributed by atoms with van der Waals surface area (Å²) < 4.78 is 5.16. The Morgan fingerprint density at radius 2 is 0.545 bits per heavy atom. The lowest BCUT2D eigenvalue weighted by molar-refractivity contribution is 0.866. The Kier molecular flexibility index (Phi) is 9.23. The van der Waals surface area contributed by atoms with Gasteiger partial charge in [0, 0.05) is 66.4 Å². The quantitative estimate of drug-likeness (QED) is 0.136. The van der Waals surface area contributed by atoms with Crippen LogP contribution in [-0.2, 0) is 0 Å². The second-order valence-electron chi connectivity index (χ2n) is 19.8. The monoisotopic (exact) mass is 856 g/mol. The molecule has 0 saturated carbocycles. The van der Waals surface area contributed by atoms with Crippen molar-refractivity contribution in [1.82, 2.24) is 8.80 Å². The normalized spacial score (nSPS) is 12.5. The van der Waals surface area contributed by atoms with Gasteiger partial charge in [-0.15, -0.1) is 0 Å². The highest BCUT2D eigenvalue weighted by Gasteiger charge is 2.27. The molecule has 0 radical (unpaired) electrons. The van der Waals surface area contributed by atoms with Crippen LogP contribution in [0.25, 0.3) is 65.4 Å². The van der Waals surface area contributed by atoms with Crippen molar-refractivity contribution >= 4 is 99.5 Å². The van der Waals surface area contributed by atoms with Crippen LogP contribution in [0.4, 0.5) is 34.1 Å². The Balaban J connectivity index is 1.10. The van der Waals surface area contributed by atoms with Crippen LogP contribution < -0.4 is 9.80 Å². The van der Waals surface area contributed by atoms with Gasteiger partial charge >= 0.3 is 0 Å². The maximum atomic E-state index is 2.58. The molecule has 324 valence electrons. The van der Waals surface area contributed by atoms with E-state index in [9.17, 15) is 0 Å². The Bertz CT molecular complexity index is 3380. The van der Waals surface area contributed by atoms with Gasteiger partial charge in [0.05, 0.1) is 33.1 Å². The molecule has 0 bridgehead atoms. The number of hydrogen-bond acceptors (Lipinski definition) is 2. The number of hydrogen-bond donors (Lipinski definition) is 0. The first-order chi connectivity index (χ1) is 32.0. The molecule has 12 aromatic rings. The molecular weight excluding hydrogens is 801 g/mol. The van der Waals surface area contributed by atoms with Crippen molar-refractivity contribution < 1.29 is 0 Å². The van der Waals surface area contributed by atoms with Gasteiger partial charge in [0.2, 0.25) is 0 Å². The summed E-state index contributed by atoms with van der Waals surface area (Å²) in [6.45, 7) is 18.1. The van der Waals surface area contributed by atoms with Crippen molar-refractivity contribution in [2.24, 2.45) is 0 Å². The van der Waals surface area contributed by atoms with E-state index >= 15 is 0 Å². The van der Waals surface area contributed by atoms with Gasteiger partial charge in [0.25, 0.3) is 0 Å². The first kappa shape index (κ1) is 40.2. The lowest BCUT2D eigenvalue weighted by atomic mass is 10.0. The largest absolute Gasteiger partial charge is 0.310 e. The van der Waals surface area contributed by atoms with Crippen molar-refractivity contribution in [3.05, 3.63) is 192 Å². The van der Waals surface area contributed by atoms with E-state index in [0.29, 0.717) is 23.7 Å². The Labute approximate surface area is 387 Å². The second kappa shape index (κ2) is 15.1. The summed E-state index contributed by atoms with van der Waals surface area (Å²) >= 11 is 0. The van der Waals surface area contributed by atoms with E-state index in [0.717, 1.165) is 34.1 Å². The molecule has 66 heavy (non-hydrogen) atoms. The van der Waals surface area contributed by atoms with Gasteiger partial charge in [-0.2, -0.15) is 0 Å². The average molecular weight is 857 g/mol. The molecule has 12 rings (SSSR count). The molecule has 0 aliphatic heterocycles. The highest BCUT2D eigenvalue weighted by atomic mass is 15.2. The molecule has 0 atom stereocenters. The molecule has 0 fully saturated rings. The van der Waals surface area contributed by atoms with Gasteiger partial charge in [0.15, 0.2) is 0 Å². The van der Waals surface area contributed by atoms with Crippen molar-refractivity contribution in [1.29, 1.82) is 0 Å². The summed E-state index contributed by atoms with van der Waals surface area (Å²) in [7, 11) is 0. The number of benzene rings is 8. The van der Waals surface area contributed by atoms with E-state index < -0.39 is 0 Å². The van der Waals surface area contributed by atoms with Crippen LogP contribution in [0.3, 0.4) is 0 Å². The molecule has 4 nitrogen and oxygen atoms in total. The fourth-order valence-corrected chi connectivity index (χ4v) is 10.9. The molecular formula is C62H56N4. The van der Waals surface area contributed by atoms with Crippen molar-refractivity contribution in [3.8, 4) is 0 Å². The summed E-state index contributed by atoms with van der Waals surface area (Å²) in [5.74, 6) is 1.85. The third-order valence-corrected chi connectivity index (χ3v) is 14.5. The summed E-state index contributed by atoms with van der Waals surface area (Å²) in [6.07, 6.45) is 0. The van der Waals surface area contributed by atoms with Gasteiger partial charge in [-0.3, -0.25) is 0 Å². The highest BCUT2D eigenvalue weighted by molar-refractivity contribution is 6.32. The molecule has 0 unspecified atom stereocenters. The van der Waals surface area contributed by atoms with Crippen LogP contribution in [0.1, 0.15) is 101 Å². The summed E-state index contributed by atoms with van der Waals surface area (Å²) in [4.78, 5) is 4.85. The Morgan fingerprint density at radius 3 is 0.833 bits per heavy atom. The van der Waals surface area contributed by atoms with E-state index in [1.807, 2.05) is 0 Å². The molecule has 0 aliphatic rings. The van der Waals surface area contributed by atoms with Crippen LogP contribution in [0.2, 0.25) is 0 Å². The van der Waals surface area contributed by atoms with E-state index in [4.69, 9.17) is 0 Å². The van der Waals surface area contributed by atoms with Crippen LogP contribution in [0.5, 0.6) is 0 Å². The van der Waals surface area contributed by atoms with E-state index in [-0.39, 0.29) is 0 Å². The average Bonchev–Trinajstić information content (AvgIpc) is 4.06. The lowest BCUT2D eigenvalue weighted by Crippen LogP contribution is -2.10. The first-order valence-electron chi connectivity index (χ1n) is 24.0. The van der Waals surface area contributed by atoms with Gasteiger partial charge in [0.1, 0.15) is 0 Å². The van der Waals surface area contributed by atoms with E-state index in [2.05, 4.69) is 244 Å². The molecule has 0 saturated heterocycles. The summed E-state index contributed by atoms with van der Waals surface area (Å²) in [5.41, 5.74) is 19.8. The molecule has 8 aromatic carbocycles. The minimum absolute atomic E-state index is 0.464. The number of fused-ring (bicyclic) bond motifs is 11. The van der Waals surface area contributed by atoms with Gasteiger partial charge < -0.3 is 18.6 Å². The van der Waals surface area contributed by atoms with Crippen LogP contribution in [0, 0.1) is 0 Å². The van der Waals surface area contributed by atoms with Gasteiger partial charge in [-0.1, -0.05) is 152 Å². The van der Waals surface area contributed by atoms with Crippen molar-refractivity contribution in [2.75, 3.05) is 9.80 Å². The zero-order chi connectivity index (χ0) is 45.1. The molecule has 0 amide bonds. The summed E-state index contributed by atoms with van der Waals surface area (Å²) in [6, 6.07) is 64.6. The SMILES string of the molecule is CC(C)c1ccc(N(c2ccc(C(C)C)cc2)c2ccc3c4cccc5c4n(c3c2)c2c3cccc4c6ccc(N(c7ccc(C(C)C)cc7)c7ccc(C(C)C)cc7)cc6n(c43)c52)cc1. The number of nitrogens with zero attached hydrogens (tertiary/aromatic N) is 4. The van der Waals surface area contributed by atoms with E-state index in [1.54, 1.807) is 0 Å². The molecule has 0 spiro atoms. The predicted molar refractivity (Wildman–Crippen MR) is 284 cm³/mol. The number of aromatic nitrogens is 2. The first-order valence-corrected chi connectivity index (χ1v) is 24.0. The molecule has 0 N–H and O–H groups in total. The Hall–Kier alpha value is -7.30. The Morgan fingerprint density at radius 1 is 0.273 bits per heavy atom. The molecule has 4 heterocycles. The zero-order valence-electron chi connectivity index (χ0n) is 39.3. The minimum atomic E-state index is 0.464. The topological polar surface area (TPSA) is 15.3 Å². The second-order valence-corrected chi connectivity index (χ2v) is 19.8.